The van der Waals surface area contributed by atoms with Gasteiger partial charge in [0.15, 0.2) is 0 Å². The number of fused-ring (bicyclic) bond motifs is 2. The first-order valence-corrected chi connectivity index (χ1v) is 9.61. The first-order valence-electron chi connectivity index (χ1n) is 7.00. The van der Waals surface area contributed by atoms with Crippen LogP contribution in [-0.4, -0.2) is 18.4 Å². The molecule has 0 radical (unpaired) electrons. The second-order valence-electron chi connectivity index (χ2n) is 4.63. The van der Waals surface area contributed by atoms with Crippen LogP contribution in [-0.2, 0) is 15.6 Å². The molecule has 1 unspecified atom stereocenters. The fraction of sp³-hybridized carbons (Fsp3) is 0.0667. The van der Waals surface area contributed by atoms with E-state index < -0.39 is 15.6 Å². The van der Waals surface area contributed by atoms with Crippen LogP contribution in [0.15, 0.2) is 52.9 Å². The van der Waals surface area contributed by atoms with Crippen molar-refractivity contribution < 1.29 is 9.79 Å². The molecule has 0 aliphatic rings. The molecule has 0 saturated carbocycles. The van der Waals surface area contributed by atoms with E-state index in [1.54, 1.807) is 6.07 Å². The van der Waals surface area contributed by atoms with Crippen molar-refractivity contribution in [3.63, 3.8) is 0 Å². The first-order chi connectivity index (χ1) is 11.1. The van der Waals surface area contributed by atoms with Crippen LogP contribution in [0.3, 0.4) is 0 Å². The van der Waals surface area contributed by atoms with Crippen LogP contribution in [0.25, 0.3) is 20.4 Å². The standard InChI is InChI=1S/C15H10N2O2S3/c18-22(19,15-17-11-6-2-4-8-13(11)21-15)9-14-16-10-5-1-3-7-12(10)20-14/h1-8H,9H2/i9D. The maximum Gasteiger partial charge on any atom is 0.211 e. The van der Waals surface area contributed by atoms with Crippen LogP contribution < -0.4 is 0 Å². The van der Waals surface area contributed by atoms with Gasteiger partial charge in [-0.05, 0) is 24.3 Å². The van der Waals surface area contributed by atoms with Gasteiger partial charge in [0.05, 0.1) is 21.8 Å². The molecule has 1 atom stereocenters. The monoisotopic (exact) mass is 347 g/mol. The van der Waals surface area contributed by atoms with E-state index in [2.05, 4.69) is 9.97 Å². The van der Waals surface area contributed by atoms with Gasteiger partial charge in [0.1, 0.15) is 10.7 Å². The summed E-state index contributed by atoms with van der Waals surface area (Å²) in [6.45, 7) is 0. The van der Waals surface area contributed by atoms with Crippen molar-refractivity contribution in [2.75, 3.05) is 0 Å². The van der Waals surface area contributed by atoms with Gasteiger partial charge in [-0.1, -0.05) is 24.3 Å². The molecule has 0 amide bonds. The van der Waals surface area contributed by atoms with E-state index >= 15 is 0 Å². The van der Waals surface area contributed by atoms with E-state index in [4.69, 9.17) is 1.37 Å². The lowest BCUT2D eigenvalue weighted by Gasteiger charge is -1.96. The summed E-state index contributed by atoms with van der Waals surface area (Å²) in [7, 11) is -3.88. The Morgan fingerprint density at radius 2 is 1.50 bits per heavy atom. The molecular weight excluding hydrogens is 336 g/mol. The molecule has 4 rings (SSSR count). The van der Waals surface area contributed by atoms with Gasteiger partial charge >= 0.3 is 0 Å². The summed E-state index contributed by atoms with van der Waals surface area (Å²) in [6, 6.07) is 14.6. The molecule has 0 fully saturated rings. The highest BCUT2D eigenvalue weighted by molar-refractivity contribution is 7.92. The van der Waals surface area contributed by atoms with Crippen LogP contribution >= 0.6 is 22.7 Å². The van der Waals surface area contributed by atoms with Crippen LogP contribution in [0.1, 0.15) is 6.38 Å². The van der Waals surface area contributed by atoms with Crippen LogP contribution in [0.2, 0.25) is 0 Å². The molecule has 0 bridgehead atoms. The van der Waals surface area contributed by atoms with Crippen molar-refractivity contribution in [2.24, 2.45) is 0 Å². The topological polar surface area (TPSA) is 59.9 Å². The third-order valence-corrected chi connectivity index (χ3v) is 7.11. The molecule has 0 spiro atoms. The molecule has 4 nitrogen and oxygen atoms in total. The van der Waals surface area contributed by atoms with Gasteiger partial charge in [0.2, 0.25) is 14.2 Å². The van der Waals surface area contributed by atoms with E-state index in [0.717, 1.165) is 20.7 Å². The molecule has 0 aliphatic heterocycles. The minimum absolute atomic E-state index is 0.0297. The Kier molecular flexibility index (Phi) is 2.95. The third kappa shape index (κ3) is 2.41. The molecule has 110 valence electrons. The molecule has 22 heavy (non-hydrogen) atoms. The summed E-state index contributed by atoms with van der Waals surface area (Å²) in [6.07, 6.45) is 0. The summed E-state index contributed by atoms with van der Waals surface area (Å²) in [5, 5.41) is 0.269. The highest BCUT2D eigenvalue weighted by Crippen LogP contribution is 2.29. The van der Waals surface area contributed by atoms with E-state index in [9.17, 15) is 8.42 Å². The molecule has 4 aromatic rings. The number of aromatic nitrogens is 2. The SMILES string of the molecule is [2H]C(c1nc2ccccc2s1)S(=O)(=O)c1nc2ccccc2s1. The summed E-state index contributed by atoms with van der Waals surface area (Å²) in [5.74, 6) is 0. The fourth-order valence-electron chi connectivity index (χ4n) is 2.10. The lowest BCUT2D eigenvalue weighted by molar-refractivity contribution is 0.594. The van der Waals surface area contributed by atoms with Crippen molar-refractivity contribution in [1.82, 2.24) is 9.97 Å². The summed E-state index contributed by atoms with van der Waals surface area (Å²) in [4.78, 5) is 8.46. The van der Waals surface area contributed by atoms with Crippen molar-refractivity contribution in [2.45, 2.75) is 10.1 Å². The zero-order chi connectivity index (χ0) is 16.0. The van der Waals surface area contributed by atoms with Gasteiger partial charge in [-0.25, -0.2) is 18.4 Å². The van der Waals surface area contributed by atoms with E-state index in [1.165, 1.54) is 11.3 Å². The number of rotatable bonds is 3. The second-order valence-corrected chi connectivity index (χ2v) is 8.69. The number of para-hydroxylation sites is 2. The first kappa shape index (κ1) is 12.7. The third-order valence-electron chi connectivity index (χ3n) is 3.08. The summed E-state index contributed by atoms with van der Waals surface area (Å²) < 4.78 is 35.2. The van der Waals surface area contributed by atoms with Crippen molar-refractivity contribution in [3.8, 4) is 0 Å². The van der Waals surface area contributed by atoms with Crippen LogP contribution in [0.5, 0.6) is 0 Å². The van der Waals surface area contributed by atoms with Gasteiger partial charge in [-0.15, -0.1) is 22.7 Å². The number of hydrogen-bond donors (Lipinski definition) is 0. The predicted octanol–water partition coefficient (Wildman–Crippen LogP) is 3.88. The Balaban J connectivity index is 1.80. The maximum atomic E-state index is 12.7. The largest absolute Gasteiger partial charge is 0.240 e. The minimum Gasteiger partial charge on any atom is -0.240 e. The number of benzene rings is 2. The predicted molar refractivity (Wildman–Crippen MR) is 90.1 cm³/mol. The molecular formula is C15H10N2O2S3. The molecule has 2 heterocycles. The van der Waals surface area contributed by atoms with Gasteiger partial charge in [0, 0.05) is 0 Å². The van der Waals surface area contributed by atoms with Crippen molar-refractivity contribution in [1.29, 1.82) is 0 Å². The van der Waals surface area contributed by atoms with E-state index in [0.29, 0.717) is 11.0 Å². The number of thiazole rings is 2. The average Bonchev–Trinajstić information content (AvgIpc) is 3.18. The van der Waals surface area contributed by atoms with Gasteiger partial charge in [0.25, 0.3) is 0 Å². The Morgan fingerprint density at radius 3 is 2.14 bits per heavy atom. The maximum absolute atomic E-state index is 12.7. The molecule has 0 N–H and O–H groups in total. The Hall–Kier alpha value is -1.83. The number of sulfone groups is 1. The molecule has 7 heteroatoms. The highest BCUT2D eigenvalue weighted by atomic mass is 32.2. The second kappa shape index (κ2) is 5.12. The normalized spacial score (nSPS) is 14.3. The fourth-order valence-corrected chi connectivity index (χ4v) is 5.62. The summed E-state index contributed by atoms with van der Waals surface area (Å²) >= 11 is 2.32. The number of nitrogens with zero attached hydrogens (tertiary/aromatic N) is 2. The lowest BCUT2D eigenvalue weighted by atomic mass is 10.3. The smallest absolute Gasteiger partial charge is 0.211 e. The van der Waals surface area contributed by atoms with Crippen LogP contribution in [0.4, 0.5) is 0 Å². The van der Waals surface area contributed by atoms with E-state index in [1.807, 2.05) is 42.5 Å². The zero-order valence-corrected chi connectivity index (χ0v) is 13.6. The zero-order valence-electron chi connectivity index (χ0n) is 12.1. The van der Waals surface area contributed by atoms with Gasteiger partial charge in [-0.2, -0.15) is 0 Å². The molecule has 2 aromatic heterocycles. The lowest BCUT2D eigenvalue weighted by Crippen LogP contribution is -2.04. The van der Waals surface area contributed by atoms with Crippen LogP contribution in [0, 0.1) is 0 Å². The average molecular weight is 347 g/mol. The number of hydrogen-bond acceptors (Lipinski definition) is 6. The Bertz CT molecular complexity index is 1050. The van der Waals surface area contributed by atoms with Gasteiger partial charge < -0.3 is 0 Å². The minimum atomic E-state index is -3.88. The molecule has 2 aromatic carbocycles. The van der Waals surface area contributed by atoms with Crippen molar-refractivity contribution in [3.05, 3.63) is 53.5 Å². The van der Waals surface area contributed by atoms with Crippen molar-refractivity contribution >= 4 is 52.9 Å². The quantitative estimate of drug-likeness (QED) is 0.564. The highest BCUT2D eigenvalue weighted by Gasteiger charge is 2.22. The van der Waals surface area contributed by atoms with E-state index in [-0.39, 0.29) is 9.35 Å². The van der Waals surface area contributed by atoms with Gasteiger partial charge in [-0.3, -0.25) is 0 Å². The molecule has 0 saturated heterocycles. The Morgan fingerprint density at radius 1 is 0.909 bits per heavy atom. The molecule has 0 aliphatic carbocycles. The summed E-state index contributed by atoms with van der Waals surface area (Å²) in [5.41, 5.74) is -0.114. The Labute approximate surface area is 136 Å².